The zero-order valence-electron chi connectivity index (χ0n) is 18.0. The summed E-state index contributed by atoms with van der Waals surface area (Å²) in [5, 5.41) is 2.66. The van der Waals surface area contributed by atoms with Crippen molar-refractivity contribution in [3.8, 4) is 5.75 Å². The molecule has 1 heterocycles. The molecule has 2 amide bonds. The largest absolute Gasteiger partial charge is 0.494 e. The monoisotopic (exact) mass is 440 g/mol. The summed E-state index contributed by atoms with van der Waals surface area (Å²) >= 11 is 0. The van der Waals surface area contributed by atoms with Crippen LogP contribution in [0.25, 0.3) is 0 Å². The van der Waals surface area contributed by atoms with E-state index in [1.165, 1.54) is 37.3 Å². The van der Waals surface area contributed by atoms with Crippen LogP contribution in [0.4, 0.5) is 11.4 Å². The summed E-state index contributed by atoms with van der Waals surface area (Å²) in [6, 6.07) is 11.2. The highest BCUT2D eigenvalue weighted by molar-refractivity contribution is 6.07. The Bertz CT molecular complexity index is 1030. The third-order valence-electron chi connectivity index (χ3n) is 5.06. The van der Waals surface area contributed by atoms with Crippen molar-refractivity contribution in [3.63, 3.8) is 0 Å². The van der Waals surface area contributed by atoms with E-state index < -0.39 is 23.8 Å². The number of carbonyl (C=O) groups excluding carboxylic acids is 4. The van der Waals surface area contributed by atoms with E-state index in [2.05, 4.69) is 5.32 Å². The highest BCUT2D eigenvalue weighted by atomic mass is 16.5. The molecule has 1 atom stereocenters. The van der Waals surface area contributed by atoms with Gasteiger partial charge in [0.2, 0.25) is 11.8 Å². The minimum Gasteiger partial charge on any atom is -0.494 e. The number of hydrogen-bond donors (Lipinski definition) is 1. The van der Waals surface area contributed by atoms with Crippen molar-refractivity contribution < 1.29 is 33.4 Å². The Morgan fingerprint density at radius 3 is 2.34 bits per heavy atom. The molecule has 9 nitrogen and oxygen atoms in total. The van der Waals surface area contributed by atoms with Crippen LogP contribution in [0.1, 0.15) is 34.1 Å². The standard InChI is InChI=1S/C23H24N2O7/c1-4-32-17-8-6-16(7-9-17)25-13-15(12-20(25)26)21(27)24-19-11-14(22(28)30-2)5-10-18(19)23(29)31-3/h5-11,15H,4,12-13H2,1-3H3,(H,24,27). The molecule has 1 N–H and O–H groups in total. The topological polar surface area (TPSA) is 111 Å². The Morgan fingerprint density at radius 1 is 1.03 bits per heavy atom. The number of nitrogens with one attached hydrogen (secondary N) is 1. The van der Waals surface area contributed by atoms with Gasteiger partial charge in [0.05, 0.1) is 43.6 Å². The number of amides is 2. The molecule has 32 heavy (non-hydrogen) atoms. The first-order chi connectivity index (χ1) is 15.4. The summed E-state index contributed by atoms with van der Waals surface area (Å²) in [7, 11) is 2.45. The van der Waals surface area contributed by atoms with Crippen LogP contribution in [0.5, 0.6) is 5.75 Å². The Labute approximate surface area is 185 Å². The van der Waals surface area contributed by atoms with E-state index in [1.54, 1.807) is 24.3 Å². The van der Waals surface area contributed by atoms with E-state index in [0.29, 0.717) is 18.0 Å². The summed E-state index contributed by atoms with van der Waals surface area (Å²) in [6.07, 6.45) is 0.0172. The molecule has 0 aromatic heterocycles. The van der Waals surface area contributed by atoms with Crippen molar-refractivity contribution >= 4 is 35.1 Å². The molecule has 168 valence electrons. The Hall–Kier alpha value is -3.88. The number of rotatable bonds is 7. The van der Waals surface area contributed by atoms with Gasteiger partial charge in [0, 0.05) is 18.7 Å². The van der Waals surface area contributed by atoms with E-state index >= 15 is 0 Å². The third kappa shape index (κ3) is 4.88. The number of hydrogen-bond acceptors (Lipinski definition) is 7. The van der Waals surface area contributed by atoms with Gasteiger partial charge in [0.25, 0.3) is 0 Å². The molecule has 1 saturated heterocycles. The Balaban J connectivity index is 1.77. The molecule has 0 spiro atoms. The van der Waals surface area contributed by atoms with Crippen LogP contribution < -0.4 is 15.0 Å². The quantitative estimate of drug-likeness (QED) is 0.659. The van der Waals surface area contributed by atoms with Gasteiger partial charge in [-0.2, -0.15) is 0 Å². The van der Waals surface area contributed by atoms with Crippen molar-refractivity contribution in [3.05, 3.63) is 53.6 Å². The molecule has 1 unspecified atom stereocenters. The van der Waals surface area contributed by atoms with E-state index in [-0.39, 0.29) is 35.7 Å². The number of nitrogens with zero attached hydrogens (tertiary/aromatic N) is 1. The van der Waals surface area contributed by atoms with E-state index in [1.807, 2.05) is 6.92 Å². The molecule has 3 rings (SSSR count). The first kappa shape index (κ1) is 22.8. The minimum atomic E-state index is -0.671. The van der Waals surface area contributed by atoms with Gasteiger partial charge in [-0.3, -0.25) is 9.59 Å². The number of benzene rings is 2. The fourth-order valence-corrected chi connectivity index (χ4v) is 3.44. The first-order valence-corrected chi connectivity index (χ1v) is 10.0. The van der Waals surface area contributed by atoms with Gasteiger partial charge < -0.3 is 24.4 Å². The maximum atomic E-state index is 12.9. The molecule has 2 aromatic carbocycles. The Morgan fingerprint density at radius 2 is 1.72 bits per heavy atom. The van der Waals surface area contributed by atoms with E-state index in [9.17, 15) is 19.2 Å². The van der Waals surface area contributed by atoms with Crippen LogP contribution >= 0.6 is 0 Å². The molecule has 0 saturated carbocycles. The molecule has 9 heteroatoms. The van der Waals surface area contributed by atoms with Crippen molar-refractivity contribution in [2.75, 3.05) is 37.6 Å². The second-order valence-electron chi connectivity index (χ2n) is 7.07. The molecule has 0 aliphatic carbocycles. The van der Waals surface area contributed by atoms with Crippen LogP contribution in [-0.2, 0) is 19.1 Å². The normalized spacial score (nSPS) is 15.3. The van der Waals surface area contributed by atoms with Gasteiger partial charge in [-0.1, -0.05) is 0 Å². The van der Waals surface area contributed by atoms with Crippen molar-refractivity contribution in [2.24, 2.45) is 5.92 Å². The fourth-order valence-electron chi connectivity index (χ4n) is 3.44. The summed E-state index contributed by atoms with van der Waals surface area (Å²) in [4.78, 5) is 50.9. The average molecular weight is 440 g/mol. The summed E-state index contributed by atoms with van der Waals surface area (Å²) in [5.74, 6) is -1.87. The van der Waals surface area contributed by atoms with Gasteiger partial charge in [0.1, 0.15) is 5.75 Å². The number of ether oxygens (including phenoxy) is 3. The first-order valence-electron chi connectivity index (χ1n) is 10.0. The van der Waals surface area contributed by atoms with Crippen molar-refractivity contribution in [2.45, 2.75) is 13.3 Å². The molecular weight excluding hydrogens is 416 g/mol. The summed E-state index contributed by atoms with van der Waals surface area (Å²) < 4.78 is 14.9. The highest BCUT2D eigenvalue weighted by Gasteiger charge is 2.35. The number of esters is 2. The molecule has 2 aromatic rings. The van der Waals surface area contributed by atoms with Gasteiger partial charge in [-0.25, -0.2) is 9.59 Å². The lowest BCUT2D eigenvalue weighted by atomic mass is 10.1. The molecular formula is C23H24N2O7. The van der Waals surface area contributed by atoms with Crippen LogP contribution in [-0.4, -0.2) is 51.1 Å². The van der Waals surface area contributed by atoms with Crippen LogP contribution in [0.15, 0.2) is 42.5 Å². The van der Waals surface area contributed by atoms with Gasteiger partial charge in [-0.15, -0.1) is 0 Å². The maximum Gasteiger partial charge on any atom is 0.339 e. The second kappa shape index (κ2) is 9.95. The van der Waals surface area contributed by atoms with Gasteiger partial charge >= 0.3 is 11.9 Å². The molecule has 1 aliphatic rings. The molecule has 0 radical (unpaired) electrons. The number of carbonyl (C=O) groups is 4. The minimum absolute atomic E-state index is 0.0172. The van der Waals surface area contributed by atoms with Crippen LogP contribution in [0, 0.1) is 5.92 Å². The maximum absolute atomic E-state index is 12.9. The lowest BCUT2D eigenvalue weighted by Gasteiger charge is -2.18. The number of anilines is 2. The number of methoxy groups -OCH3 is 2. The zero-order chi connectivity index (χ0) is 23.3. The predicted molar refractivity (Wildman–Crippen MR) is 116 cm³/mol. The van der Waals surface area contributed by atoms with Gasteiger partial charge in [-0.05, 0) is 49.4 Å². The van der Waals surface area contributed by atoms with Crippen LogP contribution in [0.3, 0.4) is 0 Å². The van der Waals surface area contributed by atoms with Crippen molar-refractivity contribution in [1.82, 2.24) is 0 Å². The molecule has 0 bridgehead atoms. The summed E-state index contributed by atoms with van der Waals surface area (Å²) in [5.41, 5.74) is 1.02. The zero-order valence-corrected chi connectivity index (χ0v) is 18.0. The second-order valence-corrected chi connectivity index (χ2v) is 7.07. The lowest BCUT2D eigenvalue weighted by Crippen LogP contribution is -2.28. The van der Waals surface area contributed by atoms with E-state index in [0.717, 1.165) is 0 Å². The molecule has 1 fully saturated rings. The SMILES string of the molecule is CCOc1ccc(N2CC(C(=O)Nc3cc(C(=O)OC)ccc3C(=O)OC)CC2=O)cc1. The smallest absolute Gasteiger partial charge is 0.339 e. The van der Waals surface area contributed by atoms with Gasteiger partial charge in [0.15, 0.2) is 0 Å². The fraction of sp³-hybridized carbons (Fsp3) is 0.304. The van der Waals surface area contributed by atoms with Crippen LogP contribution in [0.2, 0.25) is 0 Å². The predicted octanol–water partition coefficient (Wildman–Crippen LogP) is 2.65. The third-order valence-corrected chi connectivity index (χ3v) is 5.06. The van der Waals surface area contributed by atoms with E-state index in [4.69, 9.17) is 14.2 Å². The average Bonchev–Trinajstić information content (AvgIpc) is 3.20. The lowest BCUT2D eigenvalue weighted by molar-refractivity contribution is -0.122. The Kier molecular flexibility index (Phi) is 7.09. The van der Waals surface area contributed by atoms with Crippen molar-refractivity contribution in [1.29, 1.82) is 0 Å². The molecule has 1 aliphatic heterocycles. The highest BCUT2D eigenvalue weighted by Crippen LogP contribution is 2.28. The summed E-state index contributed by atoms with van der Waals surface area (Å²) in [6.45, 7) is 2.60.